The fourth-order valence-corrected chi connectivity index (χ4v) is 2.62. The van der Waals surface area contributed by atoms with Crippen molar-refractivity contribution < 1.29 is 20.4 Å². The van der Waals surface area contributed by atoms with Crippen LogP contribution in [0.25, 0.3) is 11.0 Å². The van der Waals surface area contributed by atoms with Crippen LogP contribution < -0.4 is 15.7 Å². The fraction of sp³-hybridized carbons (Fsp3) is 0.500. The van der Waals surface area contributed by atoms with E-state index in [-0.39, 0.29) is 38.3 Å². The Labute approximate surface area is 130 Å². The number of nitrogens with two attached hydrogens (primary N) is 1. The Morgan fingerprint density at radius 3 is 3.00 bits per heavy atom. The Kier molecular flexibility index (Phi) is 4.22. The number of nitriles is 1. The Hall–Kier alpha value is -1.70. The van der Waals surface area contributed by atoms with Crippen molar-refractivity contribution in [2.24, 2.45) is 5.92 Å². The molecule has 2 unspecified atom stereocenters. The second-order valence-electron chi connectivity index (χ2n) is 4.88. The Morgan fingerprint density at radius 1 is 1.50 bits per heavy atom. The average Bonchev–Trinajstić information content (AvgIpc) is 2.85. The summed E-state index contributed by atoms with van der Waals surface area (Å²) in [6, 6.07) is 2.58. The van der Waals surface area contributed by atoms with E-state index in [2.05, 4.69) is 38.1 Å². The van der Waals surface area contributed by atoms with Gasteiger partial charge in [-0.05, 0) is 25.4 Å². The minimum absolute atomic E-state index is 0. The predicted molar refractivity (Wildman–Crippen MR) is 70.2 cm³/mol. The summed E-state index contributed by atoms with van der Waals surface area (Å²) in [6.07, 6.45) is 3.34. The molecule has 0 bridgehead atoms. The molecule has 2 atom stereocenters. The number of hydrogen-bond donors (Lipinski definition) is 1. The second kappa shape index (κ2) is 5.74. The van der Waals surface area contributed by atoms with Gasteiger partial charge in [0.1, 0.15) is 11.8 Å². The predicted octanol–water partition coefficient (Wildman–Crippen LogP) is 0.690. The van der Waals surface area contributed by atoms with Crippen LogP contribution in [0.1, 0.15) is 19.8 Å². The van der Waals surface area contributed by atoms with Gasteiger partial charge in [-0.1, -0.05) is 0 Å². The van der Waals surface area contributed by atoms with Gasteiger partial charge in [0.25, 0.3) is 0 Å². The van der Waals surface area contributed by atoms with Crippen LogP contribution in [0, 0.1) is 17.2 Å². The van der Waals surface area contributed by atoms with Crippen LogP contribution in [-0.2, 0) is 20.4 Å². The first-order valence-corrected chi connectivity index (χ1v) is 6.27. The molecule has 1 saturated heterocycles. The number of aromatic nitrogens is 4. The molecular weight excluding hydrogens is 428 g/mol. The van der Waals surface area contributed by atoms with E-state index in [9.17, 15) is 0 Å². The van der Waals surface area contributed by atoms with Crippen molar-refractivity contribution in [3.63, 3.8) is 0 Å². The smallest absolute Gasteiger partial charge is 0.139 e. The number of hydrogen-bond acceptors (Lipinski definition) is 6. The molecule has 3 heterocycles. The number of nitrogen functional groups attached to an aromatic ring is 1. The van der Waals surface area contributed by atoms with E-state index in [1.807, 2.05) is 0 Å². The van der Waals surface area contributed by atoms with Crippen molar-refractivity contribution in [1.82, 2.24) is 20.2 Å². The zero-order valence-electron chi connectivity index (χ0n) is 11.0. The SMILES string of the molecule is CC1CC(C#N)CCN1c1nc(N)nc2[n-]ncc12.[Re]. The van der Waals surface area contributed by atoms with Crippen molar-refractivity contribution in [3.8, 4) is 6.07 Å². The molecule has 1 fully saturated rings. The monoisotopic (exact) mass is 443 g/mol. The van der Waals surface area contributed by atoms with Crippen LogP contribution >= 0.6 is 0 Å². The van der Waals surface area contributed by atoms with Crippen LogP contribution in [0.5, 0.6) is 0 Å². The number of piperidine rings is 1. The molecule has 2 aromatic heterocycles. The van der Waals surface area contributed by atoms with E-state index in [1.54, 1.807) is 6.20 Å². The largest absolute Gasteiger partial charge is 0.403 e. The molecule has 1 aliphatic heterocycles. The first-order valence-electron chi connectivity index (χ1n) is 6.27. The van der Waals surface area contributed by atoms with Crippen LogP contribution in [0.3, 0.4) is 0 Å². The molecule has 0 aromatic carbocycles. The van der Waals surface area contributed by atoms with Gasteiger partial charge in [-0.2, -0.15) is 5.26 Å². The van der Waals surface area contributed by atoms with Gasteiger partial charge in [0.15, 0.2) is 0 Å². The second-order valence-corrected chi connectivity index (χ2v) is 4.88. The van der Waals surface area contributed by atoms with Gasteiger partial charge in [0.05, 0.1) is 6.07 Å². The standard InChI is InChI=1S/C12H14N7.Re/c1-7-4-8(5-13)2-3-19(7)11-9-6-15-18-10(9)16-12(14)17-11;/h6-8H,2-4H2,1H3,(H2-,14,15,16,17,18);/q-1;. The fourth-order valence-electron chi connectivity index (χ4n) is 2.62. The summed E-state index contributed by atoms with van der Waals surface area (Å²) in [5.41, 5.74) is 6.25. The van der Waals surface area contributed by atoms with Crippen molar-refractivity contribution in [2.75, 3.05) is 17.2 Å². The molecule has 2 N–H and O–H groups in total. The van der Waals surface area contributed by atoms with Gasteiger partial charge in [-0.25, -0.2) is 4.98 Å². The van der Waals surface area contributed by atoms with E-state index in [0.29, 0.717) is 5.65 Å². The molecule has 1 aliphatic rings. The molecule has 0 spiro atoms. The molecule has 0 saturated carbocycles. The van der Waals surface area contributed by atoms with Gasteiger partial charge < -0.3 is 20.7 Å². The molecule has 2 aromatic rings. The maximum absolute atomic E-state index is 9.01. The summed E-state index contributed by atoms with van der Waals surface area (Å²) < 4.78 is 0. The zero-order valence-corrected chi connectivity index (χ0v) is 13.7. The average molecular weight is 443 g/mol. The Morgan fingerprint density at radius 2 is 2.30 bits per heavy atom. The van der Waals surface area contributed by atoms with E-state index < -0.39 is 0 Å². The third-order valence-corrected chi connectivity index (χ3v) is 3.59. The van der Waals surface area contributed by atoms with E-state index in [1.165, 1.54) is 0 Å². The van der Waals surface area contributed by atoms with Crippen molar-refractivity contribution in [3.05, 3.63) is 6.20 Å². The summed E-state index contributed by atoms with van der Waals surface area (Å²) in [7, 11) is 0. The van der Waals surface area contributed by atoms with Crippen molar-refractivity contribution >= 4 is 22.8 Å². The minimum atomic E-state index is 0. The van der Waals surface area contributed by atoms with Gasteiger partial charge in [-0.15, -0.1) is 0 Å². The molecule has 105 valence electrons. The Bertz CT molecular complexity index is 647. The molecule has 0 amide bonds. The molecule has 0 aliphatic carbocycles. The maximum atomic E-state index is 9.01. The molecule has 20 heavy (non-hydrogen) atoms. The third-order valence-electron chi connectivity index (χ3n) is 3.59. The minimum Gasteiger partial charge on any atom is -0.403 e. The van der Waals surface area contributed by atoms with Crippen LogP contribution in [0.15, 0.2) is 6.20 Å². The summed E-state index contributed by atoms with van der Waals surface area (Å²) in [4.78, 5) is 10.6. The maximum Gasteiger partial charge on any atom is 0.139 e. The first-order chi connectivity index (χ1) is 9.19. The van der Waals surface area contributed by atoms with E-state index in [4.69, 9.17) is 11.0 Å². The zero-order chi connectivity index (χ0) is 13.4. The summed E-state index contributed by atoms with van der Waals surface area (Å²) in [5.74, 6) is 1.10. The van der Waals surface area contributed by atoms with Crippen molar-refractivity contribution in [2.45, 2.75) is 25.8 Å². The normalized spacial score (nSPS) is 22.3. The van der Waals surface area contributed by atoms with Gasteiger partial charge >= 0.3 is 0 Å². The van der Waals surface area contributed by atoms with E-state index in [0.717, 1.165) is 30.6 Å². The van der Waals surface area contributed by atoms with Gasteiger partial charge in [-0.3, -0.25) is 5.10 Å². The summed E-state index contributed by atoms with van der Waals surface area (Å²) in [5, 5.41) is 17.6. The number of fused-ring (bicyclic) bond motifs is 1. The van der Waals surface area contributed by atoms with Gasteiger partial charge in [0.2, 0.25) is 0 Å². The molecule has 7 nitrogen and oxygen atoms in total. The summed E-state index contributed by atoms with van der Waals surface area (Å²) in [6.45, 7) is 2.88. The summed E-state index contributed by atoms with van der Waals surface area (Å²) >= 11 is 0. The van der Waals surface area contributed by atoms with Crippen LogP contribution in [0.4, 0.5) is 11.8 Å². The van der Waals surface area contributed by atoms with Crippen LogP contribution in [0.2, 0.25) is 0 Å². The van der Waals surface area contributed by atoms with Gasteiger partial charge in [0, 0.05) is 50.5 Å². The number of rotatable bonds is 1. The number of anilines is 2. The first kappa shape index (κ1) is 14.7. The number of nitrogens with zero attached hydrogens (tertiary/aromatic N) is 6. The van der Waals surface area contributed by atoms with Crippen molar-refractivity contribution in [1.29, 1.82) is 5.26 Å². The molecule has 3 rings (SSSR count). The third kappa shape index (κ3) is 2.47. The van der Waals surface area contributed by atoms with Crippen LogP contribution in [-0.4, -0.2) is 27.7 Å². The topological polar surface area (TPSA) is 106 Å². The Balaban J connectivity index is 0.00000147. The quantitative estimate of drug-likeness (QED) is 0.693. The molecular formula is C12H14N7Re-. The molecule has 8 heteroatoms. The van der Waals surface area contributed by atoms with E-state index >= 15 is 0 Å². The molecule has 1 radical (unpaired) electrons.